The second-order valence-electron chi connectivity index (χ2n) is 7.25. The lowest BCUT2D eigenvalue weighted by Gasteiger charge is -2.14. The highest BCUT2D eigenvalue weighted by Gasteiger charge is 2.35. The second kappa shape index (κ2) is 9.43. The fourth-order valence-electron chi connectivity index (χ4n) is 3.14. The van der Waals surface area contributed by atoms with E-state index < -0.39 is 10.1 Å². The topological polar surface area (TPSA) is 80.8 Å². The predicted octanol–water partition coefficient (Wildman–Crippen LogP) is 5.65. The first-order chi connectivity index (χ1) is 15.7. The third-order valence-electron chi connectivity index (χ3n) is 4.95. The molecule has 0 spiro atoms. The molecule has 1 heterocycles. The summed E-state index contributed by atoms with van der Waals surface area (Å²) in [6.45, 7) is 2.14. The van der Waals surface area contributed by atoms with Crippen LogP contribution in [0.25, 0.3) is 6.08 Å². The molecular formula is C24H18ClNO5S2. The predicted molar refractivity (Wildman–Crippen MR) is 128 cm³/mol. The number of rotatable bonds is 6. The van der Waals surface area contributed by atoms with Gasteiger partial charge in [-0.3, -0.25) is 14.5 Å². The standard InChI is InChI=1S/C24H18ClNO5S2/c1-16-4-2-3-5-18(16)15-26-23(27)22(32-24(26)28)14-17-6-10-20(11-7-17)31-33(29,30)21-12-8-19(25)9-13-21/h2-14H,15H2,1H3/b22-14-. The second-order valence-corrected chi connectivity index (χ2v) is 10.2. The third kappa shape index (κ3) is 5.30. The minimum atomic E-state index is -4.01. The van der Waals surface area contributed by atoms with Crippen LogP contribution in [0.5, 0.6) is 5.75 Å². The van der Waals surface area contributed by atoms with E-state index in [2.05, 4.69) is 0 Å². The molecule has 6 nitrogen and oxygen atoms in total. The Labute approximate surface area is 200 Å². The van der Waals surface area contributed by atoms with E-state index in [1.165, 1.54) is 41.3 Å². The average molecular weight is 500 g/mol. The van der Waals surface area contributed by atoms with Gasteiger partial charge in [-0.1, -0.05) is 48.0 Å². The molecule has 0 radical (unpaired) electrons. The monoisotopic (exact) mass is 499 g/mol. The maximum absolute atomic E-state index is 12.8. The summed E-state index contributed by atoms with van der Waals surface area (Å²) in [7, 11) is -4.01. The van der Waals surface area contributed by atoms with Crippen molar-refractivity contribution < 1.29 is 22.2 Å². The minimum Gasteiger partial charge on any atom is -0.379 e. The highest BCUT2D eigenvalue weighted by Crippen LogP contribution is 2.34. The summed E-state index contributed by atoms with van der Waals surface area (Å²) in [5.41, 5.74) is 2.54. The van der Waals surface area contributed by atoms with Crippen LogP contribution in [0.15, 0.2) is 82.6 Å². The van der Waals surface area contributed by atoms with Crippen LogP contribution in [0.3, 0.4) is 0 Å². The van der Waals surface area contributed by atoms with E-state index in [9.17, 15) is 18.0 Å². The van der Waals surface area contributed by atoms with Gasteiger partial charge >= 0.3 is 10.1 Å². The molecule has 0 N–H and O–H groups in total. The van der Waals surface area contributed by atoms with Gasteiger partial charge < -0.3 is 4.18 Å². The van der Waals surface area contributed by atoms with Gasteiger partial charge in [0, 0.05) is 5.02 Å². The quantitative estimate of drug-likeness (QED) is 0.322. The number of amides is 2. The molecule has 1 aliphatic rings. The molecule has 9 heteroatoms. The number of imide groups is 1. The van der Waals surface area contributed by atoms with Gasteiger partial charge in [0.05, 0.1) is 11.4 Å². The van der Waals surface area contributed by atoms with Crippen molar-refractivity contribution in [2.45, 2.75) is 18.4 Å². The Morgan fingerprint density at radius 3 is 2.30 bits per heavy atom. The highest BCUT2D eigenvalue weighted by molar-refractivity contribution is 8.18. The Morgan fingerprint density at radius 1 is 0.970 bits per heavy atom. The number of aryl methyl sites for hydroxylation is 1. The summed E-state index contributed by atoms with van der Waals surface area (Å²) in [5, 5.41) is 0.0881. The largest absolute Gasteiger partial charge is 0.379 e. The molecule has 4 rings (SSSR count). The van der Waals surface area contributed by atoms with E-state index in [-0.39, 0.29) is 28.3 Å². The lowest BCUT2D eigenvalue weighted by Crippen LogP contribution is -2.27. The van der Waals surface area contributed by atoms with E-state index in [0.717, 1.165) is 22.9 Å². The van der Waals surface area contributed by atoms with Crippen LogP contribution >= 0.6 is 23.4 Å². The molecule has 0 atom stereocenters. The Balaban J connectivity index is 1.47. The van der Waals surface area contributed by atoms with Crippen molar-refractivity contribution in [1.29, 1.82) is 0 Å². The van der Waals surface area contributed by atoms with Crippen molar-refractivity contribution >= 4 is 50.7 Å². The molecule has 168 valence electrons. The first-order valence-electron chi connectivity index (χ1n) is 9.83. The molecule has 33 heavy (non-hydrogen) atoms. The van der Waals surface area contributed by atoms with E-state index in [1.54, 1.807) is 18.2 Å². The van der Waals surface area contributed by atoms with E-state index >= 15 is 0 Å². The average Bonchev–Trinajstić information content (AvgIpc) is 3.04. The Bertz CT molecular complexity index is 1350. The summed E-state index contributed by atoms with van der Waals surface area (Å²) in [4.78, 5) is 26.7. The Morgan fingerprint density at radius 2 is 1.64 bits per heavy atom. The van der Waals surface area contributed by atoms with Gasteiger partial charge in [-0.2, -0.15) is 8.42 Å². The first kappa shape index (κ1) is 23.1. The van der Waals surface area contributed by atoms with Crippen LogP contribution in [0.4, 0.5) is 4.79 Å². The summed E-state index contributed by atoms with van der Waals surface area (Å²) in [5.74, 6) is -0.242. The summed E-state index contributed by atoms with van der Waals surface area (Å²) in [6, 6.07) is 19.4. The number of halogens is 1. The molecule has 0 saturated carbocycles. The number of thioether (sulfide) groups is 1. The van der Waals surface area contributed by atoms with Crippen LogP contribution in [0.2, 0.25) is 5.02 Å². The van der Waals surface area contributed by atoms with Crippen LogP contribution in [0.1, 0.15) is 16.7 Å². The minimum absolute atomic E-state index is 0.0155. The van der Waals surface area contributed by atoms with Gasteiger partial charge in [-0.05, 0) is 77.9 Å². The zero-order chi connectivity index (χ0) is 23.6. The number of carbonyl (C=O) groups excluding carboxylic acids is 2. The van der Waals surface area contributed by atoms with Gasteiger partial charge in [0.1, 0.15) is 10.6 Å². The molecule has 0 aromatic heterocycles. The molecular weight excluding hydrogens is 482 g/mol. The fraction of sp³-hybridized carbons (Fsp3) is 0.0833. The van der Waals surface area contributed by atoms with E-state index in [0.29, 0.717) is 15.5 Å². The number of hydrogen-bond acceptors (Lipinski definition) is 6. The van der Waals surface area contributed by atoms with Crippen molar-refractivity contribution in [2.75, 3.05) is 0 Å². The highest BCUT2D eigenvalue weighted by atomic mass is 35.5. The molecule has 2 amide bonds. The maximum Gasteiger partial charge on any atom is 0.339 e. The number of nitrogens with zero attached hydrogens (tertiary/aromatic N) is 1. The van der Waals surface area contributed by atoms with Gasteiger partial charge in [-0.25, -0.2) is 0 Å². The van der Waals surface area contributed by atoms with Crippen LogP contribution in [0, 0.1) is 6.92 Å². The van der Waals surface area contributed by atoms with Crippen molar-refractivity contribution in [3.05, 3.63) is 99.4 Å². The normalized spacial score (nSPS) is 15.3. The zero-order valence-electron chi connectivity index (χ0n) is 17.4. The van der Waals surface area contributed by atoms with Gasteiger partial charge in [0.15, 0.2) is 0 Å². The molecule has 0 unspecified atom stereocenters. The lowest BCUT2D eigenvalue weighted by atomic mass is 10.1. The van der Waals surface area contributed by atoms with E-state index in [1.807, 2.05) is 31.2 Å². The number of carbonyl (C=O) groups is 2. The Kier molecular flexibility index (Phi) is 6.60. The molecule has 3 aromatic carbocycles. The zero-order valence-corrected chi connectivity index (χ0v) is 19.8. The van der Waals surface area contributed by atoms with Gasteiger partial charge in [0.2, 0.25) is 0 Å². The van der Waals surface area contributed by atoms with Gasteiger partial charge in [-0.15, -0.1) is 0 Å². The fourth-order valence-corrected chi connectivity index (χ4v) is 5.04. The number of benzene rings is 3. The SMILES string of the molecule is Cc1ccccc1CN1C(=O)S/C(=C\c2ccc(OS(=O)(=O)c3ccc(Cl)cc3)cc2)C1=O. The van der Waals surface area contributed by atoms with Crippen LogP contribution < -0.4 is 4.18 Å². The molecule has 1 saturated heterocycles. The van der Waals surface area contributed by atoms with Gasteiger partial charge in [0.25, 0.3) is 11.1 Å². The Hall–Kier alpha value is -3.07. The van der Waals surface area contributed by atoms with Crippen molar-refractivity contribution in [3.63, 3.8) is 0 Å². The van der Waals surface area contributed by atoms with Crippen molar-refractivity contribution in [2.24, 2.45) is 0 Å². The molecule has 0 bridgehead atoms. The summed E-state index contributed by atoms with van der Waals surface area (Å²) in [6.07, 6.45) is 1.60. The van der Waals surface area contributed by atoms with Crippen LogP contribution in [-0.4, -0.2) is 24.5 Å². The molecule has 0 aliphatic carbocycles. The lowest BCUT2D eigenvalue weighted by molar-refractivity contribution is -0.123. The smallest absolute Gasteiger partial charge is 0.339 e. The maximum atomic E-state index is 12.8. The number of hydrogen-bond donors (Lipinski definition) is 0. The van der Waals surface area contributed by atoms with E-state index in [4.69, 9.17) is 15.8 Å². The summed E-state index contributed by atoms with van der Waals surface area (Å²) >= 11 is 6.67. The summed E-state index contributed by atoms with van der Waals surface area (Å²) < 4.78 is 30.0. The first-order valence-corrected chi connectivity index (χ1v) is 12.4. The molecule has 3 aromatic rings. The third-order valence-corrected chi connectivity index (χ3v) is 7.37. The molecule has 1 fully saturated rings. The van der Waals surface area contributed by atoms with Crippen LogP contribution in [-0.2, 0) is 21.5 Å². The van der Waals surface area contributed by atoms with Crippen molar-refractivity contribution in [1.82, 2.24) is 4.90 Å². The molecule has 1 aliphatic heterocycles. The van der Waals surface area contributed by atoms with Crippen molar-refractivity contribution in [3.8, 4) is 5.75 Å².